The maximum atomic E-state index is 13.5. The minimum Gasteiger partial charge on any atom is -0.219 e. The Morgan fingerprint density at radius 3 is 1.91 bits per heavy atom. The maximum Gasteiger partial charge on any atom is 0.417 e. The van der Waals surface area contributed by atoms with Crippen LogP contribution in [-0.4, -0.2) is 14.6 Å². The first-order chi connectivity index (χ1) is 10.6. The lowest BCUT2D eigenvalue weighted by atomic mass is 10.0. The third-order valence-electron chi connectivity index (χ3n) is 3.43. The molecule has 0 aliphatic rings. The fraction of sp³-hybridized carbons (Fsp3) is 0.176. The topological polar surface area (TPSA) is 34.1 Å². The van der Waals surface area contributed by atoms with Crippen LogP contribution in [0, 0.1) is 6.92 Å². The van der Waals surface area contributed by atoms with Crippen molar-refractivity contribution in [2.75, 3.05) is 0 Å². The normalized spacial score (nSPS) is 13.6. The Hall–Kier alpha value is -2.08. The molecule has 122 valence electrons. The number of allylic oxidation sites excluding steroid dienone is 2. The fourth-order valence-corrected chi connectivity index (χ4v) is 3.57. The Balaban J connectivity index is 2.71. The van der Waals surface area contributed by atoms with E-state index in [2.05, 4.69) is 0 Å². The van der Waals surface area contributed by atoms with E-state index in [1.54, 1.807) is 13.0 Å². The van der Waals surface area contributed by atoms with Gasteiger partial charge in [-0.2, -0.15) is 13.2 Å². The molecular formula is C17H15F3O2S. The summed E-state index contributed by atoms with van der Waals surface area (Å²) in [5, 5.41) is 0. The molecule has 2 rings (SSSR count). The second kappa shape index (κ2) is 6.20. The summed E-state index contributed by atoms with van der Waals surface area (Å²) in [7, 11) is -4.22. The SMILES string of the molecule is C/C(=C(/c1ccc(C)cc1)C(F)(F)F)S(=O)(=O)c1ccccc1. The van der Waals surface area contributed by atoms with Crippen molar-refractivity contribution in [3.05, 3.63) is 70.6 Å². The van der Waals surface area contributed by atoms with Crippen LogP contribution in [0.4, 0.5) is 13.2 Å². The van der Waals surface area contributed by atoms with Crippen LogP contribution in [0.2, 0.25) is 0 Å². The average molecular weight is 340 g/mol. The lowest BCUT2D eigenvalue weighted by Gasteiger charge is -2.16. The number of halogens is 3. The molecule has 0 aromatic heterocycles. The first-order valence-electron chi connectivity index (χ1n) is 6.79. The minimum absolute atomic E-state index is 0.161. The van der Waals surface area contributed by atoms with Gasteiger partial charge < -0.3 is 0 Å². The molecule has 0 saturated heterocycles. The first kappa shape index (κ1) is 17.3. The van der Waals surface area contributed by atoms with Crippen molar-refractivity contribution in [3.63, 3.8) is 0 Å². The van der Waals surface area contributed by atoms with Crippen LogP contribution in [-0.2, 0) is 9.84 Å². The molecule has 6 heteroatoms. The molecule has 0 fully saturated rings. The molecule has 0 radical (unpaired) electrons. The predicted molar refractivity (Wildman–Crippen MR) is 83.5 cm³/mol. The molecular weight excluding hydrogens is 325 g/mol. The molecule has 2 aromatic rings. The summed E-state index contributed by atoms with van der Waals surface area (Å²) in [4.78, 5) is -0.869. The monoisotopic (exact) mass is 340 g/mol. The molecule has 0 atom stereocenters. The van der Waals surface area contributed by atoms with Gasteiger partial charge in [0, 0.05) is 0 Å². The van der Waals surface area contributed by atoms with Gasteiger partial charge in [-0.25, -0.2) is 8.42 Å². The van der Waals surface area contributed by atoms with E-state index in [1.807, 2.05) is 0 Å². The Bertz CT molecular complexity index is 818. The zero-order valence-electron chi connectivity index (χ0n) is 12.6. The highest BCUT2D eigenvalue weighted by molar-refractivity contribution is 7.95. The summed E-state index contributed by atoms with van der Waals surface area (Å²) in [6.45, 7) is 2.74. The second-order valence-electron chi connectivity index (χ2n) is 5.11. The van der Waals surface area contributed by atoms with Crippen molar-refractivity contribution >= 4 is 15.4 Å². The van der Waals surface area contributed by atoms with Gasteiger partial charge in [-0.15, -0.1) is 0 Å². The van der Waals surface area contributed by atoms with Crippen molar-refractivity contribution in [2.45, 2.75) is 24.9 Å². The van der Waals surface area contributed by atoms with Gasteiger partial charge in [-0.3, -0.25) is 0 Å². The predicted octanol–water partition coefficient (Wildman–Crippen LogP) is 4.76. The zero-order chi connectivity index (χ0) is 17.3. The average Bonchev–Trinajstić information content (AvgIpc) is 2.49. The smallest absolute Gasteiger partial charge is 0.219 e. The third-order valence-corrected chi connectivity index (χ3v) is 5.34. The zero-order valence-corrected chi connectivity index (χ0v) is 13.4. The molecule has 0 saturated carbocycles. The number of rotatable bonds is 3. The van der Waals surface area contributed by atoms with Crippen LogP contribution in [0.1, 0.15) is 18.1 Å². The van der Waals surface area contributed by atoms with Gasteiger partial charge in [-0.1, -0.05) is 48.0 Å². The summed E-state index contributed by atoms with van der Waals surface area (Å²) in [6.07, 6.45) is -4.78. The van der Waals surface area contributed by atoms with Crippen LogP contribution < -0.4 is 0 Å². The molecule has 0 bridgehead atoms. The van der Waals surface area contributed by atoms with Gasteiger partial charge in [0.15, 0.2) is 0 Å². The molecule has 2 nitrogen and oxygen atoms in total. The van der Waals surface area contributed by atoms with Crippen LogP contribution in [0.25, 0.3) is 5.57 Å². The molecule has 0 heterocycles. The third kappa shape index (κ3) is 3.64. The van der Waals surface area contributed by atoms with Crippen LogP contribution >= 0.6 is 0 Å². The summed E-state index contributed by atoms with van der Waals surface area (Å²) >= 11 is 0. The van der Waals surface area contributed by atoms with Gasteiger partial charge in [0.05, 0.1) is 15.4 Å². The summed E-state index contributed by atoms with van der Waals surface area (Å²) in [6, 6.07) is 12.7. The molecule has 0 aliphatic carbocycles. The molecule has 23 heavy (non-hydrogen) atoms. The quantitative estimate of drug-likeness (QED) is 0.807. The highest BCUT2D eigenvalue weighted by Crippen LogP contribution is 2.39. The molecule has 0 amide bonds. The maximum absolute atomic E-state index is 13.5. The van der Waals surface area contributed by atoms with E-state index in [-0.39, 0.29) is 10.5 Å². The van der Waals surface area contributed by atoms with E-state index in [4.69, 9.17) is 0 Å². The minimum atomic E-state index is -4.78. The van der Waals surface area contributed by atoms with Gasteiger partial charge >= 0.3 is 6.18 Å². The van der Waals surface area contributed by atoms with E-state index in [1.165, 1.54) is 48.5 Å². The van der Waals surface area contributed by atoms with Gasteiger partial charge in [0.2, 0.25) is 9.84 Å². The van der Waals surface area contributed by atoms with Crippen molar-refractivity contribution < 1.29 is 21.6 Å². The van der Waals surface area contributed by atoms with E-state index < -0.39 is 26.5 Å². The Labute approximate surface area is 133 Å². The van der Waals surface area contributed by atoms with Gasteiger partial charge in [0.1, 0.15) is 0 Å². The lowest BCUT2D eigenvalue weighted by molar-refractivity contribution is -0.0691. The van der Waals surface area contributed by atoms with E-state index in [0.29, 0.717) is 0 Å². The van der Waals surface area contributed by atoms with Crippen molar-refractivity contribution in [1.82, 2.24) is 0 Å². The molecule has 2 aromatic carbocycles. The summed E-state index contributed by atoms with van der Waals surface area (Å²) in [5.74, 6) is 0. The first-order valence-corrected chi connectivity index (χ1v) is 8.27. The number of hydrogen-bond acceptors (Lipinski definition) is 2. The number of alkyl halides is 3. The largest absolute Gasteiger partial charge is 0.417 e. The highest BCUT2D eigenvalue weighted by atomic mass is 32.2. The molecule has 0 spiro atoms. The van der Waals surface area contributed by atoms with Crippen molar-refractivity contribution in [3.8, 4) is 0 Å². The second-order valence-corrected chi connectivity index (χ2v) is 7.20. The summed E-state index contributed by atoms with van der Waals surface area (Å²) in [5.41, 5.74) is -0.514. The van der Waals surface area contributed by atoms with Crippen LogP contribution in [0.5, 0.6) is 0 Å². The fourth-order valence-electron chi connectivity index (χ4n) is 2.20. The van der Waals surface area contributed by atoms with Crippen LogP contribution in [0.3, 0.4) is 0 Å². The Kier molecular flexibility index (Phi) is 4.66. The number of aryl methyl sites for hydroxylation is 1. The van der Waals surface area contributed by atoms with Crippen molar-refractivity contribution in [1.29, 1.82) is 0 Å². The van der Waals surface area contributed by atoms with E-state index in [9.17, 15) is 21.6 Å². The van der Waals surface area contributed by atoms with Crippen LogP contribution in [0.15, 0.2) is 64.4 Å². The van der Waals surface area contributed by atoms with Crippen molar-refractivity contribution in [2.24, 2.45) is 0 Å². The number of sulfone groups is 1. The number of benzene rings is 2. The Morgan fingerprint density at radius 1 is 0.913 bits per heavy atom. The lowest BCUT2D eigenvalue weighted by Crippen LogP contribution is -2.16. The van der Waals surface area contributed by atoms with Gasteiger partial charge in [-0.05, 0) is 31.5 Å². The molecule has 0 N–H and O–H groups in total. The molecule has 0 aliphatic heterocycles. The summed E-state index contributed by atoms with van der Waals surface area (Å²) < 4.78 is 65.4. The van der Waals surface area contributed by atoms with E-state index >= 15 is 0 Å². The Morgan fingerprint density at radius 2 is 1.43 bits per heavy atom. The highest BCUT2D eigenvalue weighted by Gasteiger charge is 2.39. The van der Waals surface area contributed by atoms with Gasteiger partial charge in [0.25, 0.3) is 0 Å². The van der Waals surface area contributed by atoms with E-state index in [0.717, 1.165) is 12.5 Å². The number of hydrogen-bond donors (Lipinski definition) is 0. The molecule has 0 unspecified atom stereocenters. The standard InChI is InChI=1S/C17H15F3O2S/c1-12-8-10-14(11-9-12)16(17(18,19)20)13(2)23(21,22)15-6-4-3-5-7-15/h3-11H,1-2H3/b16-13+.